The molecule has 17 heavy (non-hydrogen) atoms. The highest BCUT2D eigenvalue weighted by molar-refractivity contribution is 5.97. The molecule has 0 fully saturated rings. The van der Waals surface area contributed by atoms with Crippen molar-refractivity contribution in [3.8, 4) is 0 Å². The SMILES string of the molecule is CN(CCN)C(=O)c1ccc2nccnc2c1. The molecule has 0 aliphatic rings. The molecule has 0 spiro atoms. The summed E-state index contributed by atoms with van der Waals surface area (Å²) in [5.74, 6) is -0.0528. The first kappa shape index (κ1) is 11.5. The minimum Gasteiger partial charge on any atom is -0.340 e. The van der Waals surface area contributed by atoms with Gasteiger partial charge in [0.2, 0.25) is 0 Å². The smallest absolute Gasteiger partial charge is 0.253 e. The van der Waals surface area contributed by atoms with Gasteiger partial charge >= 0.3 is 0 Å². The molecule has 0 saturated carbocycles. The van der Waals surface area contributed by atoms with Crippen molar-refractivity contribution in [3.63, 3.8) is 0 Å². The van der Waals surface area contributed by atoms with Crippen LogP contribution in [0.3, 0.4) is 0 Å². The first-order chi connectivity index (χ1) is 8.22. The normalized spacial score (nSPS) is 10.5. The van der Waals surface area contributed by atoms with E-state index in [4.69, 9.17) is 5.73 Å². The number of rotatable bonds is 3. The van der Waals surface area contributed by atoms with Crippen molar-refractivity contribution in [1.29, 1.82) is 0 Å². The molecule has 2 N–H and O–H groups in total. The Bertz CT molecular complexity index is 541. The number of carbonyl (C=O) groups excluding carboxylic acids is 1. The van der Waals surface area contributed by atoms with Gasteiger partial charge in [-0.15, -0.1) is 0 Å². The maximum atomic E-state index is 12.0. The van der Waals surface area contributed by atoms with Crippen LogP contribution in [0.2, 0.25) is 0 Å². The second-order valence-corrected chi connectivity index (χ2v) is 3.78. The molecule has 0 unspecified atom stereocenters. The highest BCUT2D eigenvalue weighted by atomic mass is 16.2. The molecule has 0 saturated heterocycles. The van der Waals surface area contributed by atoms with Crippen molar-refractivity contribution in [1.82, 2.24) is 14.9 Å². The Hall–Kier alpha value is -2.01. The van der Waals surface area contributed by atoms with Crippen LogP contribution in [0.4, 0.5) is 0 Å². The molecule has 2 aromatic rings. The zero-order valence-electron chi connectivity index (χ0n) is 9.63. The summed E-state index contributed by atoms with van der Waals surface area (Å²) in [6.45, 7) is 0.993. The van der Waals surface area contributed by atoms with Gasteiger partial charge in [-0.3, -0.25) is 14.8 Å². The topological polar surface area (TPSA) is 72.1 Å². The Labute approximate surface area is 99.3 Å². The number of carbonyl (C=O) groups is 1. The van der Waals surface area contributed by atoms with Crippen molar-refractivity contribution in [2.75, 3.05) is 20.1 Å². The van der Waals surface area contributed by atoms with Crippen LogP contribution < -0.4 is 5.73 Å². The second kappa shape index (κ2) is 4.88. The highest BCUT2D eigenvalue weighted by Gasteiger charge is 2.11. The van der Waals surface area contributed by atoms with Crippen LogP contribution >= 0.6 is 0 Å². The first-order valence-corrected chi connectivity index (χ1v) is 5.38. The molecule has 0 radical (unpaired) electrons. The summed E-state index contributed by atoms with van der Waals surface area (Å²) in [4.78, 5) is 21.9. The van der Waals surface area contributed by atoms with Crippen LogP contribution in [0.15, 0.2) is 30.6 Å². The van der Waals surface area contributed by atoms with E-state index in [9.17, 15) is 4.79 Å². The van der Waals surface area contributed by atoms with E-state index in [1.165, 1.54) is 0 Å². The van der Waals surface area contributed by atoms with Gasteiger partial charge < -0.3 is 10.6 Å². The van der Waals surface area contributed by atoms with Gasteiger partial charge in [-0.05, 0) is 18.2 Å². The fourth-order valence-electron chi connectivity index (χ4n) is 1.61. The van der Waals surface area contributed by atoms with E-state index in [-0.39, 0.29) is 5.91 Å². The standard InChI is InChI=1S/C12H14N4O/c1-16(7-4-13)12(17)9-2-3-10-11(8-9)15-6-5-14-10/h2-3,5-6,8H,4,7,13H2,1H3. The number of nitrogens with two attached hydrogens (primary N) is 1. The summed E-state index contributed by atoms with van der Waals surface area (Å²) in [5, 5.41) is 0. The molecule has 0 aliphatic heterocycles. The van der Waals surface area contributed by atoms with Crippen molar-refractivity contribution < 1.29 is 4.79 Å². The minimum absolute atomic E-state index is 0.0528. The van der Waals surface area contributed by atoms with Crippen LogP contribution in [0, 0.1) is 0 Å². The number of amides is 1. The predicted octanol–water partition coefficient (Wildman–Crippen LogP) is 0.660. The Morgan fingerprint density at radius 1 is 1.29 bits per heavy atom. The monoisotopic (exact) mass is 230 g/mol. The van der Waals surface area contributed by atoms with Crippen molar-refractivity contribution in [3.05, 3.63) is 36.2 Å². The van der Waals surface area contributed by atoms with Crippen LogP contribution in [-0.4, -0.2) is 40.9 Å². The van der Waals surface area contributed by atoms with E-state index in [0.717, 1.165) is 11.0 Å². The summed E-state index contributed by atoms with van der Waals surface area (Å²) in [6, 6.07) is 5.30. The van der Waals surface area contributed by atoms with Gasteiger partial charge in [0, 0.05) is 38.1 Å². The molecule has 1 heterocycles. The van der Waals surface area contributed by atoms with Crippen LogP contribution in [0.5, 0.6) is 0 Å². The van der Waals surface area contributed by atoms with Crippen LogP contribution in [0.25, 0.3) is 11.0 Å². The fourth-order valence-corrected chi connectivity index (χ4v) is 1.61. The molecule has 0 atom stereocenters. The number of likely N-dealkylation sites (N-methyl/N-ethyl adjacent to an activating group) is 1. The molecule has 2 rings (SSSR count). The molecule has 1 aromatic heterocycles. The Morgan fingerprint density at radius 2 is 2.00 bits per heavy atom. The Morgan fingerprint density at radius 3 is 2.71 bits per heavy atom. The van der Waals surface area contributed by atoms with E-state index < -0.39 is 0 Å². The average molecular weight is 230 g/mol. The minimum atomic E-state index is -0.0528. The summed E-state index contributed by atoms with van der Waals surface area (Å²) in [5.41, 5.74) is 7.53. The van der Waals surface area contributed by atoms with Gasteiger partial charge in [-0.25, -0.2) is 0 Å². The summed E-state index contributed by atoms with van der Waals surface area (Å²) in [6.07, 6.45) is 3.24. The van der Waals surface area contributed by atoms with E-state index in [0.29, 0.717) is 18.7 Å². The largest absolute Gasteiger partial charge is 0.340 e. The van der Waals surface area contributed by atoms with Gasteiger partial charge in [0.15, 0.2) is 0 Å². The lowest BCUT2D eigenvalue weighted by molar-refractivity contribution is 0.0799. The van der Waals surface area contributed by atoms with Crippen molar-refractivity contribution >= 4 is 16.9 Å². The molecule has 1 amide bonds. The number of aromatic nitrogens is 2. The summed E-state index contributed by atoms with van der Waals surface area (Å²) in [7, 11) is 1.73. The fraction of sp³-hybridized carbons (Fsp3) is 0.250. The lowest BCUT2D eigenvalue weighted by atomic mass is 10.1. The molecule has 88 valence electrons. The maximum absolute atomic E-state index is 12.0. The zero-order valence-corrected chi connectivity index (χ0v) is 9.63. The van der Waals surface area contributed by atoms with Gasteiger partial charge in [0.05, 0.1) is 11.0 Å². The number of fused-ring (bicyclic) bond motifs is 1. The molecule has 5 nitrogen and oxygen atoms in total. The van der Waals surface area contributed by atoms with E-state index in [1.54, 1.807) is 42.5 Å². The van der Waals surface area contributed by atoms with Gasteiger partial charge in [-0.2, -0.15) is 0 Å². The Balaban J connectivity index is 2.33. The quantitative estimate of drug-likeness (QED) is 0.840. The van der Waals surface area contributed by atoms with Crippen LogP contribution in [0.1, 0.15) is 10.4 Å². The zero-order chi connectivity index (χ0) is 12.3. The molecule has 0 aliphatic carbocycles. The molecule has 1 aromatic carbocycles. The second-order valence-electron chi connectivity index (χ2n) is 3.78. The molecular weight excluding hydrogens is 216 g/mol. The number of nitrogens with zero attached hydrogens (tertiary/aromatic N) is 3. The van der Waals surface area contributed by atoms with Crippen molar-refractivity contribution in [2.45, 2.75) is 0 Å². The predicted molar refractivity (Wildman–Crippen MR) is 65.6 cm³/mol. The summed E-state index contributed by atoms with van der Waals surface area (Å²) >= 11 is 0. The van der Waals surface area contributed by atoms with Crippen LogP contribution in [-0.2, 0) is 0 Å². The number of hydrogen-bond acceptors (Lipinski definition) is 4. The lowest BCUT2D eigenvalue weighted by Crippen LogP contribution is -2.31. The van der Waals surface area contributed by atoms with E-state index in [2.05, 4.69) is 9.97 Å². The van der Waals surface area contributed by atoms with Gasteiger partial charge in [0.1, 0.15) is 0 Å². The van der Waals surface area contributed by atoms with Gasteiger partial charge in [-0.1, -0.05) is 0 Å². The summed E-state index contributed by atoms with van der Waals surface area (Å²) < 4.78 is 0. The highest BCUT2D eigenvalue weighted by Crippen LogP contribution is 2.12. The third kappa shape index (κ3) is 2.39. The Kier molecular flexibility index (Phi) is 3.30. The van der Waals surface area contributed by atoms with E-state index in [1.807, 2.05) is 0 Å². The third-order valence-corrected chi connectivity index (χ3v) is 2.53. The number of benzene rings is 1. The average Bonchev–Trinajstić information content (AvgIpc) is 2.37. The van der Waals surface area contributed by atoms with E-state index >= 15 is 0 Å². The lowest BCUT2D eigenvalue weighted by Gasteiger charge is -2.15. The third-order valence-electron chi connectivity index (χ3n) is 2.53. The van der Waals surface area contributed by atoms with Gasteiger partial charge in [0.25, 0.3) is 5.91 Å². The maximum Gasteiger partial charge on any atom is 0.253 e. The molecular formula is C12H14N4O. The number of hydrogen-bond donors (Lipinski definition) is 1. The molecule has 5 heteroatoms. The van der Waals surface area contributed by atoms with Crippen molar-refractivity contribution in [2.24, 2.45) is 5.73 Å². The first-order valence-electron chi connectivity index (χ1n) is 5.38. The molecule has 0 bridgehead atoms.